The second-order valence-corrected chi connectivity index (χ2v) is 14.6. The molecule has 270 valence electrons. The number of hydrogen-bond acceptors (Lipinski definition) is 6. The van der Waals surface area contributed by atoms with Gasteiger partial charge in [0.25, 0.3) is 0 Å². The smallest absolute Gasteiger partial charge is 0.335 e. The van der Waals surface area contributed by atoms with Crippen LogP contribution in [0.5, 0.6) is 0 Å². The van der Waals surface area contributed by atoms with E-state index in [2.05, 4.69) is 55.1 Å². The van der Waals surface area contributed by atoms with Gasteiger partial charge >= 0.3 is 11.9 Å². The summed E-state index contributed by atoms with van der Waals surface area (Å²) in [6.07, 6.45) is 14.8. The number of carbonyl (C=O) groups is 2. The average Bonchev–Trinajstić information content (AvgIpc) is 3.15. The van der Waals surface area contributed by atoms with Crippen molar-refractivity contribution in [1.82, 2.24) is 0 Å². The summed E-state index contributed by atoms with van der Waals surface area (Å²) >= 11 is 0. The Balaban J connectivity index is 1.22. The molecule has 2 aromatic rings. The third-order valence-corrected chi connectivity index (χ3v) is 11.3. The molecule has 2 aliphatic carbocycles. The Morgan fingerprint density at radius 1 is 0.796 bits per heavy atom. The number of carbonyl (C=O) groups excluding carboxylic acids is 2. The first-order valence-corrected chi connectivity index (χ1v) is 18.8. The molecule has 2 atom stereocenters. The Kier molecular flexibility index (Phi) is 16.3. The first kappa shape index (κ1) is 38.8. The summed E-state index contributed by atoms with van der Waals surface area (Å²) in [5.41, 5.74) is 5.27. The lowest BCUT2D eigenvalue weighted by atomic mass is 9.66. The molecule has 2 N–H and O–H groups in total. The highest BCUT2D eigenvalue weighted by Gasteiger charge is 2.33. The van der Waals surface area contributed by atoms with Gasteiger partial charge in [-0.1, -0.05) is 55.1 Å². The van der Waals surface area contributed by atoms with Gasteiger partial charge in [0, 0.05) is 0 Å². The van der Waals surface area contributed by atoms with Gasteiger partial charge in [0.05, 0.1) is 44.6 Å². The number of halogens is 1. The van der Waals surface area contributed by atoms with E-state index < -0.39 is 18.5 Å². The van der Waals surface area contributed by atoms with Crippen LogP contribution in [-0.2, 0) is 25.5 Å². The van der Waals surface area contributed by atoms with E-state index in [0.717, 1.165) is 43.9 Å². The minimum Gasteiger partial charge on any atom is -0.465 e. The van der Waals surface area contributed by atoms with Crippen LogP contribution in [0.4, 0.5) is 4.39 Å². The summed E-state index contributed by atoms with van der Waals surface area (Å²) in [6, 6.07) is 17.9. The predicted molar refractivity (Wildman–Crippen MR) is 193 cm³/mol. The van der Waals surface area contributed by atoms with Crippen molar-refractivity contribution in [1.29, 1.82) is 0 Å². The lowest BCUT2D eigenvalue weighted by Crippen LogP contribution is -2.29. The van der Waals surface area contributed by atoms with Crippen LogP contribution in [0.15, 0.2) is 60.7 Å². The molecule has 2 fully saturated rings. The minimum absolute atomic E-state index is 0.0680. The molecule has 49 heavy (non-hydrogen) atoms. The normalized spacial score (nSPS) is 22.2. The van der Waals surface area contributed by atoms with Crippen LogP contribution in [0.25, 0.3) is 11.1 Å². The molecular formula is C42H59FO6. The third-order valence-electron chi connectivity index (χ3n) is 11.3. The number of aliphatic hydroxyl groups is 2. The van der Waals surface area contributed by atoms with Crippen LogP contribution < -0.4 is 0 Å². The van der Waals surface area contributed by atoms with Gasteiger partial charge in [0.2, 0.25) is 0 Å². The van der Waals surface area contributed by atoms with Gasteiger partial charge in [-0.3, -0.25) is 9.18 Å². The van der Waals surface area contributed by atoms with Crippen molar-refractivity contribution in [2.24, 2.45) is 29.6 Å². The fraction of sp³-hybridized carbons (Fsp3) is 0.619. The van der Waals surface area contributed by atoms with E-state index in [0.29, 0.717) is 37.4 Å². The highest BCUT2D eigenvalue weighted by atomic mass is 19.1. The topological polar surface area (TPSA) is 93.1 Å². The molecular weight excluding hydrogens is 619 g/mol. The van der Waals surface area contributed by atoms with Crippen LogP contribution >= 0.6 is 0 Å². The zero-order chi connectivity index (χ0) is 35.0. The number of alkyl halides is 1. The van der Waals surface area contributed by atoms with Crippen molar-refractivity contribution in [3.63, 3.8) is 0 Å². The summed E-state index contributed by atoms with van der Waals surface area (Å²) in [4.78, 5) is 24.0. The molecule has 2 aromatic carbocycles. The van der Waals surface area contributed by atoms with Crippen molar-refractivity contribution < 1.29 is 33.7 Å². The van der Waals surface area contributed by atoms with Gasteiger partial charge in [-0.2, -0.15) is 0 Å². The van der Waals surface area contributed by atoms with E-state index in [4.69, 9.17) is 9.47 Å². The van der Waals surface area contributed by atoms with Gasteiger partial charge in [-0.05, 0) is 149 Å². The summed E-state index contributed by atoms with van der Waals surface area (Å²) in [7, 11) is 0. The molecule has 2 unspecified atom stereocenters. The Labute approximate surface area is 293 Å². The standard InChI is InChI=1S/C42H59FO6/c1-30(28-44)41(46)48-26-5-7-33(24-27-49-42(47)31(2)29-45)35-12-14-37(15-13-35)39-20-22-40(23-21-39)38-18-16-36(17-19-38)34-10-8-32(9-11-34)6-3-4-25-43/h8-11,16-19,30,33,35,37,39-40,44-45H,2-7,12-15,20-29H2,1H3. The monoisotopic (exact) mass is 678 g/mol. The number of rotatable bonds is 19. The van der Waals surface area contributed by atoms with Gasteiger partial charge in [0.15, 0.2) is 0 Å². The van der Waals surface area contributed by atoms with Crippen LogP contribution in [0.3, 0.4) is 0 Å². The first-order valence-electron chi connectivity index (χ1n) is 18.8. The largest absolute Gasteiger partial charge is 0.465 e. The molecule has 0 amide bonds. The van der Waals surface area contributed by atoms with E-state index in [1.807, 2.05) is 0 Å². The molecule has 0 aromatic heterocycles. The fourth-order valence-electron chi connectivity index (χ4n) is 8.07. The molecule has 2 saturated carbocycles. The second kappa shape index (κ2) is 20.6. The molecule has 0 radical (unpaired) electrons. The van der Waals surface area contributed by atoms with Crippen molar-refractivity contribution in [3.05, 3.63) is 71.8 Å². The maximum absolute atomic E-state index is 12.4. The Morgan fingerprint density at radius 3 is 2.00 bits per heavy atom. The summed E-state index contributed by atoms with van der Waals surface area (Å²) in [5, 5.41) is 18.4. The fourth-order valence-corrected chi connectivity index (χ4v) is 8.07. The predicted octanol–water partition coefficient (Wildman–Crippen LogP) is 8.78. The summed E-state index contributed by atoms with van der Waals surface area (Å²) < 4.78 is 23.2. The lowest BCUT2D eigenvalue weighted by Gasteiger charge is -2.40. The summed E-state index contributed by atoms with van der Waals surface area (Å²) in [6.45, 7) is 4.99. The zero-order valence-corrected chi connectivity index (χ0v) is 29.6. The van der Waals surface area contributed by atoms with Crippen molar-refractivity contribution in [3.8, 4) is 11.1 Å². The Bertz CT molecular complexity index is 1280. The highest BCUT2D eigenvalue weighted by molar-refractivity contribution is 5.87. The number of unbranched alkanes of at least 4 members (excludes halogenated alkanes) is 1. The zero-order valence-electron chi connectivity index (χ0n) is 29.6. The molecule has 2 aliphatic rings. The van der Waals surface area contributed by atoms with Gasteiger partial charge in [-0.15, -0.1) is 0 Å². The van der Waals surface area contributed by atoms with Crippen LogP contribution in [0, 0.1) is 29.6 Å². The first-order chi connectivity index (χ1) is 23.8. The van der Waals surface area contributed by atoms with E-state index >= 15 is 0 Å². The van der Waals surface area contributed by atoms with Gasteiger partial charge in [-0.25, -0.2) is 4.79 Å². The number of aryl methyl sites for hydroxylation is 1. The van der Waals surface area contributed by atoms with Crippen molar-refractivity contribution >= 4 is 11.9 Å². The van der Waals surface area contributed by atoms with E-state index in [1.54, 1.807) is 6.92 Å². The van der Waals surface area contributed by atoms with Crippen LogP contribution in [0.2, 0.25) is 0 Å². The van der Waals surface area contributed by atoms with Gasteiger partial charge in [0.1, 0.15) is 0 Å². The molecule has 4 rings (SSSR count). The average molecular weight is 679 g/mol. The molecule has 7 heteroatoms. The minimum atomic E-state index is -0.545. The second-order valence-electron chi connectivity index (χ2n) is 14.6. The molecule has 0 aliphatic heterocycles. The van der Waals surface area contributed by atoms with Crippen LogP contribution in [-0.4, -0.2) is 55.3 Å². The number of hydrogen-bond donors (Lipinski definition) is 2. The highest BCUT2D eigenvalue weighted by Crippen LogP contribution is 2.46. The van der Waals surface area contributed by atoms with Crippen LogP contribution in [0.1, 0.15) is 107 Å². The quantitative estimate of drug-likeness (QED) is 0.0877. The van der Waals surface area contributed by atoms with Crippen molar-refractivity contribution in [2.75, 3.05) is 33.1 Å². The number of benzene rings is 2. The molecule has 0 saturated heterocycles. The number of aliphatic hydroxyl groups excluding tert-OH is 2. The third kappa shape index (κ3) is 12.1. The maximum Gasteiger partial charge on any atom is 0.335 e. The van der Waals surface area contributed by atoms with Gasteiger partial charge < -0.3 is 19.7 Å². The molecule has 0 spiro atoms. The maximum atomic E-state index is 12.4. The van der Waals surface area contributed by atoms with Crippen molar-refractivity contribution in [2.45, 2.75) is 103 Å². The lowest BCUT2D eigenvalue weighted by molar-refractivity contribution is -0.149. The molecule has 6 nitrogen and oxygen atoms in total. The molecule has 0 heterocycles. The number of ether oxygens (including phenoxy) is 2. The number of esters is 2. The van der Waals surface area contributed by atoms with E-state index in [9.17, 15) is 24.2 Å². The molecule has 0 bridgehead atoms. The Hall–Kier alpha value is -3.03. The Morgan fingerprint density at radius 2 is 1.41 bits per heavy atom. The summed E-state index contributed by atoms with van der Waals surface area (Å²) in [5.74, 6) is 1.68. The van der Waals surface area contributed by atoms with E-state index in [1.165, 1.54) is 73.6 Å². The van der Waals surface area contributed by atoms with E-state index in [-0.39, 0.29) is 24.8 Å². The SMILES string of the molecule is C=C(CO)C(=O)OCCC(CCCOC(=O)C(C)CO)C1CCC(C2CCC(c3ccc(-c4ccc(CCCCF)cc4)cc3)CC2)CC1.